The standard InChI is InChI=1S/C11H17N3O/c1-8(2)14(3)11(15)9-6-4-5-7-10(9)13-12/h4-8,13H,12H2,1-3H3. The van der Waals surface area contributed by atoms with Gasteiger partial charge in [-0.3, -0.25) is 10.6 Å². The first-order valence-electron chi connectivity index (χ1n) is 4.90. The van der Waals surface area contributed by atoms with Crippen molar-refractivity contribution < 1.29 is 4.79 Å². The van der Waals surface area contributed by atoms with Gasteiger partial charge in [-0.2, -0.15) is 0 Å². The van der Waals surface area contributed by atoms with E-state index in [2.05, 4.69) is 5.43 Å². The molecule has 82 valence electrons. The second-order valence-corrected chi connectivity index (χ2v) is 3.70. The third-order valence-corrected chi connectivity index (χ3v) is 2.41. The summed E-state index contributed by atoms with van der Waals surface area (Å²) in [6, 6.07) is 7.37. The molecule has 0 aliphatic rings. The molecule has 1 amide bonds. The van der Waals surface area contributed by atoms with Gasteiger partial charge in [0.2, 0.25) is 0 Å². The SMILES string of the molecule is CC(C)N(C)C(=O)c1ccccc1NN. The molecule has 0 bridgehead atoms. The van der Waals surface area contributed by atoms with Crippen LogP contribution in [0.1, 0.15) is 24.2 Å². The van der Waals surface area contributed by atoms with Gasteiger partial charge in [0.1, 0.15) is 0 Å². The molecule has 0 fully saturated rings. The van der Waals surface area contributed by atoms with Crippen LogP contribution in [0.3, 0.4) is 0 Å². The lowest BCUT2D eigenvalue weighted by molar-refractivity contribution is 0.0756. The lowest BCUT2D eigenvalue weighted by atomic mass is 10.1. The van der Waals surface area contributed by atoms with Gasteiger partial charge in [0.25, 0.3) is 5.91 Å². The van der Waals surface area contributed by atoms with E-state index in [9.17, 15) is 4.79 Å². The van der Waals surface area contributed by atoms with Gasteiger partial charge in [0.05, 0.1) is 11.3 Å². The maximum absolute atomic E-state index is 12.0. The number of hydrazine groups is 1. The molecule has 1 rings (SSSR count). The van der Waals surface area contributed by atoms with Crippen LogP contribution in [-0.2, 0) is 0 Å². The van der Waals surface area contributed by atoms with Crippen molar-refractivity contribution in [3.63, 3.8) is 0 Å². The van der Waals surface area contributed by atoms with E-state index in [1.54, 1.807) is 24.1 Å². The van der Waals surface area contributed by atoms with Gasteiger partial charge in [-0.1, -0.05) is 12.1 Å². The quantitative estimate of drug-likeness (QED) is 0.582. The van der Waals surface area contributed by atoms with E-state index in [0.717, 1.165) is 0 Å². The zero-order chi connectivity index (χ0) is 11.4. The van der Waals surface area contributed by atoms with E-state index >= 15 is 0 Å². The number of nitrogens with zero attached hydrogens (tertiary/aromatic N) is 1. The van der Waals surface area contributed by atoms with Crippen molar-refractivity contribution in [1.29, 1.82) is 0 Å². The normalized spacial score (nSPS) is 10.2. The Morgan fingerprint density at radius 2 is 2.00 bits per heavy atom. The number of carbonyl (C=O) groups is 1. The first kappa shape index (κ1) is 11.5. The molecule has 15 heavy (non-hydrogen) atoms. The fraction of sp³-hybridized carbons (Fsp3) is 0.364. The molecule has 0 aliphatic carbocycles. The van der Waals surface area contributed by atoms with Crippen molar-refractivity contribution in [2.24, 2.45) is 5.84 Å². The number of para-hydroxylation sites is 1. The molecule has 4 nitrogen and oxygen atoms in total. The molecule has 0 radical (unpaired) electrons. The zero-order valence-electron chi connectivity index (χ0n) is 9.32. The van der Waals surface area contributed by atoms with E-state index in [-0.39, 0.29) is 11.9 Å². The molecule has 0 aliphatic heterocycles. The van der Waals surface area contributed by atoms with E-state index in [1.165, 1.54) is 0 Å². The lowest BCUT2D eigenvalue weighted by Crippen LogP contribution is -2.33. The minimum absolute atomic E-state index is 0.0291. The summed E-state index contributed by atoms with van der Waals surface area (Å²) in [4.78, 5) is 13.7. The third-order valence-electron chi connectivity index (χ3n) is 2.41. The van der Waals surface area contributed by atoms with Crippen LogP contribution >= 0.6 is 0 Å². The highest BCUT2D eigenvalue weighted by molar-refractivity contribution is 5.99. The number of hydrogen-bond acceptors (Lipinski definition) is 3. The van der Waals surface area contributed by atoms with Crippen LogP contribution < -0.4 is 11.3 Å². The highest BCUT2D eigenvalue weighted by atomic mass is 16.2. The van der Waals surface area contributed by atoms with Crippen molar-refractivity contribution in [3.8, 4) is 0 Å². The third kappa shape index (κ3) is 2.47. The van der Waals surface area contributed by atoms with Crippen LogP contribution in [0.4, 0.5) is 5.69 Å². The molecule has 3 N–H and O–H groups in total. The summed E-state index contributed by atoms with van der Waals surface area (Å²) in [6.07, 6.45) is 0. The summed E-state index contributed by atoms with van der Waals surface area (Å²) in [5.41, 5.74) is 3.76. The van der Waals surface area contributed by atoms with Gasteiger partial charge >= 0.3 is 0 Å². The molecular weight excluding hydrogens is 190 g/mol. The Morgan fingerprint density at radius 3 is 2.53 bits per heavy atom. The molecule has 0 saturated heterocycles. The van der Waals surface area contributed by atoms with Crippen LogP contribution in [0.15, 0.2) is 24.3 Å². The van der Waals surface area contributed by atoms with E-state index < -0.39 is 0 Å². The van der Waals surface area contributed by atoms with Gasteiger partial charge in [-0.15, -0.1) is 0 Å². The topological polar surface area (TPSA) is 58.4 Å². The first-order valence-corrected chi connectivity index (χ1v) is 4.90. The highest BCUT2D eigenvalue weighted by Crippen LogP contribution is 2.16. The summed E-state index contributed by atoms with van der Waals surface area (Å²) in [6.45, 7) is 3.94. The largest absolute Gasteiger partial charge is 0.339 e. The number of nitrogen functional groups attached to an aromatic ring is 1. The lowest BCUT2D eigenvalue weighted by Gasteiger charge is -2.22. The Bertz CT molecular complexity index is 349. The van der Waals surface area contributed by atoms with Crippen molar-refractivity contribution in [1.82, 2.24) is 4.90 Å². The number of amides is 1. The van der Waals surface area contributed by atoms with Gasteiger partial charge < -0.3 is 10.3 Å². The van der Waals surface area contributed by atoms with Crippen molar-refractivity contribution in [2.45, 2.75) is 19.9 Å². The van der Waals surface area contributed by atoms with Crippen LogP contribution in [0, 0.1) is 0 Å². The number of nitrogens with two attached hydrogens (primary N) is 1. The minimum atomic E-state index is -0.0291. The summed E-state index contributed by atoms with van der Waals surface area (Å²) in [5, 5.41) is 0. The Hall–Kier alpha value is -1.55. The first-order chi connectivity index (χ1) is 7.07. The molecular formula is C11H17N3O. The fourth-order valence-electron chi connectivity index (χ4n) is 1.22. The Balaban J connectivity index is 3.00. The minimum Gasteiger partial charge on any atom is -0.339 e. The van der Waals surface area contributed by atoms with Crippen molar-refractivity contribution >= 4 is 11.6 Å². The monoisotopic (exact) mass is 207 g/mol. The van der Waals surface area contributed by atoms with Gasteiger partial charge in [0, 0.05) is 13.1 Å². The molecule has 0 heterocycles. The van der Waals surface area contributed by atoms with Gasteiger partial charge in [-0.05, 0) is 26.0 Å². The number of nitrogens with one attached hydrogen (secondary N) is 1. The maximum Gasteiger partial charge on any atom is 0.255 e. The number of anilines is 1. The molecule has 1 aromatic rings. The number of carbonyl (C=O) groups excluding carboxylic acids is 1. The molecule has 0 spiro atoms. The number of benzene rings is 1. The Morgan fingerprint density at radius 1 is 1.40 bits per heavy atom. The average Bonchev–Trinajstić information content (AvgIpc) is 2.26. The van der Waals surface area contributed by atoms with Crippen LogP contribution in [0.5, 0.6) is 0 Å². The van der Waals surface area contributed by atoms with Gasteiger partial charge in [-0.25, -0.2) is 0 Å². The van der Waals surface area contributed by atoms with Crippen molar-refractivity contribution in [2.75, 3.05) is 12.5 Å². The summed E-state index contributed by atoms with van der Waals surface area (Å²) >= 11 is 0. The van der Waals surface area contributed by atoms with E-state index in [0.29, 0.717) is 11.3 Å². The molecule has 4 heteroatoms. The predicted octanol–water partition coefficient (Wildman–Crippen LogP) is 1.45. The van der Waals surface area contributed by atoms with E-state index in [4.69, 9.17) is 5.84 Å². The zero-order valence-corrected chi connectivity index (χ0v) is 9.32. The van der Waals surface area contributed by atoms with Crippen LogP contribution in [-0.4, -0.2) is 23.9 Å². The predicted molar refractivity (Wildman–Crippen MR) is 61.5 cm³/mol. The van der Waals surface area contributed by atoms with E-state index in [1.807, 2.05) is 26.0 Å². The summed E-state index contributed by atoms with van der Waals surface area (Å²) < 4.78 is 0. The second kappa shape index (κ2) is 4.79. The molecule has 0 saturated carbocycles. The summed E-state index contributed by atoms with van der Waals surface area (Å²) in [5.74, 6) is 5.31. The molecule has 0 atom stereocenters. The van der Waals surface area contributed by atoms with Crippen LogP contribution in [0.25, 0.3) is 0 Å². The number of rotatable bonds is 3. The summed E-state index contributed by atoms with van der Waals surface area (Å²) in [7, 11) is 1.78. The molecule has 0 unspecified atom stereocenters. The molecule has 1 aromatic carbocycles. The number of hydrogen-bond donors (Lipinski definition) is 2. The van der Waals surface area contributed by atoms with Crippen LogP contribution in [0.2, 0.25) is 0 Å². The Kier molecular flexibility index (Phi) is 3.68. The highest BCUT2D eigenvalue weighted by Gasteiger charge is 2.16. The fourth-order valence-corrected chi connectivity index (χ4v) is 1.22. The smallest absolute Gasteiger partial charge is 0.255 e. The van der Waals surface area contributed by atoms with Crippen molar-refractivity contribution in [3.05, 3.63) is 29.8 Å². The maximum atomic E-state index is 12.0. The molecule has 0 aromatic heterocycles. The Labute approximate surface area is 90.0 Å². The van der Waals surface area contributed by atoms with Gasteiger partial charge in [0.15, 0.2) is 0 Å². The second-order valence-electron chi connectivity index (χ2n) is 3.70. The average molecular weight is 207 g/mol.